The van der Waals surface area contributed by atoms with Crippen LogP contribution in [0.5, 0.6) is 0 Å². The molecule has 4 nitrogen and oxygen atoms in total. The fraction of sp³-hybridized carbons (Fsp3) is 0.231. The second-order valence-electron chi connectivity index (χ2n) is 4.00. The summed E-state index contributed by atoms with van der Waals surface area (Å²) >= 11 is 0. The third kappa shape index (κ3) is 2.93. The lowest BCUT2D eigenvalue weighted by Gasteiger charge is -2.05. The number of nitrogens with zero attached hydrogens (tertiary/aromatic N) is 3. The smallest absolute Gasteiger partial charge is 0.123 e. The monoisotopic (exact) mass is 244 g/mol. The highest BCUT2D eigenvalue weighted by atomic mass is 19.1. The minimum atomic E-state index is -0.330. The number of aryl methyl sites for hydroxylation is 1. The van der Waals surface area contributed by atoms with Crippen molar-refractivity contribution in [3.63, 3.8) is 0 Å². The van der Waals surface area contributed by atoms with Gasteiger partial charge in [-0.15, -0.1) is 0 Å². The minimum absolute atomic E-state index is 0.330. The van der Waals surface area contributed by atoms with E-state index < -0.39 is 0 Å². The molecule has 0 aliphatic rings. The summed E-state index contributed by atoms with van der Waals surface area (Å²) in [6, 6.07) is 8.12. The summed E-state index contributed by atoms with van der Waals surface area (Å²) in [5.74, 6) is -0.330. The Kier molecular flexibility index (Phi) is 3.70. The van der Waals surface area contributed by atoms with Crippen molar-refractivity contribution < 1.29 is 4.39 Å². The number of benzene rings is 1. The molecule has 0 aliphatic heterocycles. The normalized spacial score (nSPS) is 10.3. The van der Waals surface area contributed by atoms with Gasteiger partial charge < -0.3 is 5.32 Å². The highest BCUT2D eigenvalue weighted by Crippen LogP contribution is 2.10. The van der Waals surface area contributed by atoms with Crippen LogP contribution in [0.4, 0.5) is 4.39 Å². The van der Waals surface area contributed by atoms with Crippen LogP contribution in [0, 0.1) is 17.1 Å². The summed E-state index contributed by atoms with van der Waals surface area (Å²) in [4.78, 5) is 0. The fourth-order valence-corrected chi connectivity index (χ4v) is 1.70. The van der Waals surface area contributed by atoms with Crippen molar-refractivity contribution in [3.8, 4) is 6.07 Å². The Morgan fingerprint density at radius 3 is 2.89 bits per heavy atom. The lowest BCUT2D eigenvalue weighted by molar-refractivity contribution is 0.617. The van der Waals surface area contributed by atoms with Gasteiger partial charge >= 0.3 is 0 Å². The van der Waals surface area contributed by atoms with Crippen LogP contribution in [0.1, 0.15) is 16.8 Å². The van der Waals surface area contributed by atoms with Crippen LogP contribution >= 0.6 is 0 Å². The minimum Gasteiger partial charge on any atom is -0.307 e. The molecular weight excluding hydrogens is 231 g/mol. The van der Waals surface area contributed by atoms with Crippen molar-refractivity contribution in [3.05, 3.63) is 53.1 Å². The molecule has 0 atom stereocenters. The second kappa shape index (κ2) is 5.43. The first-order chi connectivity index (χ1) is 8.69. The zero-order valence-corrected chi connectivity index (χ0v) is 10.0. The molecule has 0 aliphatic carbocycles. The van der Waals surface area contributed by atoms with Gasteiger partial charge in [-0.2, -0.15) is 10.4 Å². The average molecular weight is 244 g/mol. The van der Waals surface area contributed by atoms with Crippen LogP contribution in [0.3, 0.4) is 0 Å². The third-order valence-corrected chi connectivity index (χ3v) is 2.58. The molecule has 1 aromatic carbocycles. The Morgan fingerprint density at radius 1 is 1.39 bits per heavy atom. The number of aromatic nitrogens is 2. The molecule has 0 bridgehead atoms. The van der Waals surface area contributed by atoms with Gasteiger partial charge in [0.05, 0.1) is 17.3 Å². The summed E-state index contributed by atoms with van der Waals surface area (Å²) in [5.41, 5.74) is 2.06. The summed E-state index contributed by atoms with van der Waals surface area (Å²) in [6.07, 6.45) is 1.86. The van der Waals surface area contributed by atoms with Gasteiger partial charge in [0, 0.05) is 26.3 Å². The van der Waals surface area contributed by atoms with Gasteiger partial charge in [-0.3, -0.25) is 4.68 Å². The highest BCUT2D eigenvalue weighted by molar-refractivity contribution is 5.37. The number of hydrogen-bond donors (Lipinski definition) is 1. The maximum Gasteiger partial charge on any atom is 0.123 e. The summed E-state index contributed by atoms with van der Waals surface area (Å²) in [5, 5.41) is 16.3. The van der Waals surface area contributed by atoms with Gasteiger partial charge in [0.2, 0.25) is 0 Å². The van der Waals surface area contributed by atoms with Crippen molar-refractivity contribution in [1.82, 2.24) is 15.1 Å². The van der Waals surface area contributed by atoms with E-state index in [0.29, 0.717) is 24.2 Å². The van der Waals surface area contributed by atoms with E-state index >= 15 is 0 Å². The van der Waals surface area contributed by atoms with Crippen molar-refractivity contribution in [2.24, 2.45) is 7.05 Å². The Hall–Kier alpha value is -2.19. The van der Waals surface area contributed by atoms with E-state index in [9.17, 15) is 4.39 Å². The molecule has 2 rings (SSSR count). The fourth-order valence-electron chi connectivity index (χ4n) is 1.70. The SMILES string of the molecule is Cn1ccc(CNCc2cc(F)ccc2C#N)n1. The van der Waals surface area contributed by atoms with Crippen molar-refractivity contribution in [2.45, 2.75) is 13.1 Å². The van der Waals surface area contributed by atoms with Gasteiger partial charge in [0.1, 0.15) is 5.82 Å². The number of rotatable bonds is 4. The first kappa shape index (κ1) is 12.3. The zero-order valence-electron chi connectivity index (χ0n) is 10.0. The van der Waals surface area contributed by atoms with Gasteiger partial charge in [-0.05, 0) is 29.8 Å². The number of halogens is 1. The van der Waals surface area contributed by atoms with Crippen LogP contribution in [0.2, 0.25) is 0 Å². The Balaban J connectivity index is 1.98. The lowest BCUT2D eigenvalue weighted by Crippen LogP contribution is -2.14. The quantitative estimate of drug-likeness (QED) is 0.891. The highest BCUT2D eigenvalue weighted by Gasteiger charge is 2.04. The van der Waals surface area contributed by atoms with Crippen LogP contribution in [0.15, 0.2) is 30.5 Å². The standard InChI is InChI=1S/C13H13FN4/c1-18-5-4-13(17-18)9-16-8-11-6-12(14)3-2-10(11)7-15/h2-6,16H,8-9H2,1H3. The molecule has 92 valence electrons. The predicted molar refractivity (Wildman–Crippen MR) is 64.9 cm³/mol. The lowest BCUT2D eigenvalue weighted by atomic mass is 10.1. The van der Waals surface area contributed by atoms with E-state index in [2.05, 4.69) is 10.4 Å². The Bertz CT molecular complexity index is 583. The number of hydrogen-bond acceptors (Lipinski definition) is 3. The van der Waals surface area contributed by atoms with Crippen molar-refractivity contribution in [2.75, 3.05) is 0 Å². The summed E-state index contributed by atoms with van der Waals surface area (Å²) < 4.78 is 14.8. The van der Waals surface area contributed by atoms with Crippen LogP contribution in [0.25, 0.3) is 0 Å². The van der Waals surface area contributed by atoms with Crippen LogP contribution in [-0.2, 0) is 20.1 Å². The molecule has 1 aromatic heterocycles. The summed E-state index contributed by atoms with van der Waals surface area (Å²) in [7, 11) is 1.85. The molecule has 0 spiro atoms. The molecule has 0 radical (unpaired) electrons. The molecule has 0 amide bonds. The average Bonchev–Trinajstić information content (AvgIpc) is 2.75. The Labute approximate surface area is 105 Å². The molecule has 18 heavy (non-hydrogen) atoms. The molecule has 1 heterocycles. The van der Waals surface area contributed by atoms with Gasteiger partial charge in [0.15, 0.2) is 0 Å². The number of nitrogens with one attached hydrogen (secondary N) is 1. The summed E-state index contributed by atoms with van der Waals surface area (Å²) in [6.45, 7) is 1.03. The molecule has 0 unspecified atom stereocenters. The molecule has 5 heteroatoms. The van der Waals surface area contributed by atoms with E-state index in [0.717, 1.165) is 5.69 Å². The number of nitriles is 1. The zero-order chi connectivity index (χ0) is 13.0. The van der Waals surface area contributed by atoms with E-state index in [1.54, 1.807) is 4.68 Å². The molecule has 2 aromatic rings. The van der Waals surface area contributed by atoms with Crippen molar-refractivity contribution >= 4 is 0 Å². The maximum atomic E-state index is 13.1. The van der Waals surface area contributed by atoms with E-state index in [4.69, 9.17) is 5.26 Å². The molecular formula is C13H13FN4. The first-order valence-corrected chi connectivity index (χ1v) is 5.57. The maximum absolute atomic E-state index is 13.1. The van der Waals surface area contributed by atoms with Gasteiger partial charge in [0.25, 0.3) is 0 Å². The topological polar surface area (TPSA) is 53.6 Å². The van der Waals surface area contributed by atoms with Gasteiger partial charge in [-0.25, -0.2) is 4.39 Å². The molecule has 0 saturated heterocycles. The first-order valence-electron chi connectivity index (χ1n) is 5.57. The molecule has 1 N–H and O–H groups in total. The van der Waals surface area contributed by atoms with Crippen molar-refractivity contribution in [1.29, 1.82) is 5.26 Å². The molecule has 0 saturated carbocycles. The third-order valence-electron chi connectivity index (χ3n) is 2.58. The van der Waals surface area contributed by atoms with Crippen LogP contribution in [-0.4, -0.2) is 9.78 Å². The largest absolute Gasteiger partial charge is 0.307 e. The van der Waals surface area contributed by atoms with E-state index in [-0.39, 0.29) is 5.82 Å². The Morgan fingerprint density at radius 2 is 2.22 bits per heavy atom. The molecule has 0 fully saturated rings. The van der Waals surface area contributed by atoms with E-state index in [1.807, 2.05) is 25.4 Å². The van der Waals surface area contributed by atoms with E-state index in [1.165, 1.54) is 18.2 Å². The van der Waals surface area contributed by atoms with Crippen LogP contribution < -0.4 is 5.32 Å². The predicted octanol–water partition coefficient (Wildman–Crippen LogP) is 1.72. The second-order valence-corrected chi connectivity index (χ2v) is 4.00. The van der Waals surface area contributed by atoms with Gasteiger partial charge in [-0.1, -0.05) is 0 Å².